The summed E-state index contributed by atoms with van der Waals surface area (Å²) in [6, 6.07) is 1.91. The minimum Gasteiger partial charge on any atom is -0.383 e. The number of ether oxygens (including phenoxy) is 1. The number of rotatable bonds is 5. The van der Waals surface area contributed by atoms with Gasteiger partial charge in [0.2, 0.25) is 5.91 Å². The third-order valence-electron chi connectivity index (χ3n) is 5.06. The number of aromatic amines is 1. The molecule has 1 aromatic rings. The lowest BCUT2D eigenvalue weighted by molar-refractivity contribution is -0.140. The van der Waals surface area contributed by atoms with Gasteiger partial charge in [-0.2, -0.15) is 5.10 Å². The highest BCUT2D eigenvalue weighted by atomic mass is 16.5. The standard InChI is InChI=1S/C17H26N4O3/c1-11(2)14-8-15(19-18-14)17(23)20-9-12-4-5-13(10-20)21(16(12)22)6-7-24-3/h8,11-13H,4-7,9-10H2,1-3H3,(H,18,19)/t12-,13+/m1/s1. The summed E-state index contributed by atoms with van der Waals surface area (Å²) >= 11 is 0. The van der Waals surface area contributed by atoms with Crippen molar-refractivity contribution in [3.63, 3.8) is 0 Å². The van der Waals surface area contributed by atoms with Crippen molar-refractivity contribution < 1.29 is 14.3 Å². The summed E-state index contributed by atoms with van der Waals surface area (Å²) in [5, 5.41) is 7.10. The fourth-order valence-electron chi connectivity index (χ4n) is 3.59. The van der Waals surface area contributed by atoms with Crippen LogP contribution in [0.25, 0.3) is 0 Å². The average Bonchev–Trinajstić information content (AvgIpc) is 2.90. The summed E-state index contributed by atoms with van der Waals surface area (Å²) in [4.78, 5) is 29.1. The summed E-state index contributed by atoms with van der Waals surface area (Å²) in [7, 11) is 1.64. The molecular formula is C17H26N4O3. The lowest BCUT2D eigenvalue weighted by Crippen LogP contribution is -2.49. The molecule has 1 aromatic heterocycles. The van der Waals surface area contributed by atoms with Crippen molar-refractivity contribution in [2.45, 2.75) is 38.6 Å². The number of aromatic nitrogens is 2. The largest absolute Gasteiger partial charge is 0.383 e. The van der Waals surface area contributed by atoms with E-state index in [1.54, 1.807) is 12.0 Å². The van der Waals surface area contributed by atoms with Crippen LogP contribution < -0.4 is 0 Å². The first-order valence-electron chi connectivity index (χ1n) is 8.65. The third kappa shape index (κ3) is 3.17. The van der Waals surface area contributed by atoms with Gasteiger partial charge in [0, 0.05) is 38.5 Å². The summed E-state index contributed by atoms with van der Waals surface area (Å²) in [5.74, 6) is 0.262. The number of hydrogen-bond donors (Lipinski definition) is 1. The van der Waals surface area contributed by atoms with Crippen LogP contribution in [0.3, 0.4) is 0 Å². The zero-order valence-corrected chi connectivity index (χ0v) is 14.6. The lowest BCUT2D eigenvalue weighted by atomic mass is 9.94. The van der Waals surface area contributed by atoms with E-state index in [9.17, 15) is 9.59 Å². The second-order valence-corrected chi connectivity index (χ2v) is 7.03. The quantitative estimate of drug-likeness (QED) is 0.879. The van der Waals surface area contributed by atoms with E-state index in [2.05, 4.69) is 24.0 Å². The number of carbonyl (C=O) groups is 2. The highest BCUT2D eigenvalue weighted by Crippen LogP contribution is 2.29. The highest BCUT2D eigenvalue weighted by molar-refractivity contribution is 5.93. The van der Waals surface area contributed by atoms with E-state index in [1.165, 1.54) is 0 Å². The monoisotopic (exact) mass is 334 g/mol. The molecule has 4 rings (SSSR count). The Morgan fingerprint density at radius 2 is 2.21 bits per heavy atom. The first-order valence-corrected chi connectivity index (χ1v) is 8.65. The second-order valence-electron chi connectivity index (χ2n) is 7.03. The van der Waals surface area contributed by atoms with Crippen LogP contribution in [0.5, 0.6) is 0 Å². The van der Waals surface area contributed by atoms with E-state index in [1.807, 2.05) is 11.0 Å². The molecule has 0 unspecified atom stereocenters. The number of nitrogens with one attached hydrogen (secondary N) is 1. The molecule has 2 amide bonds. The summed E-state index contributed by atoms with van der Waals surface area (Å²) in [5.41, 5.74) is 1.39. The fourth-order valence-corrected chi connectivity index (χ4v) is 3.59. The van der Waals surface area contributed by atoms with Gasteiger partial charge in [-0.1, -0.05) is 13.8 Å². The molecule has 0 radical (unpaired) electrons. The number of nitrogens with zero attached hydrogens (tertiary/aromatic N) is 3. The first-order chi connectivity index (χ1) is 11.5. The van der Waals surface area contributed by atoms with Crippen LogP contribution in [-0.2, 0) is 9.53 Å². The van der Waals surface area contributed by atoms with Crippen molar-refractivity contribution in [3.8, 4) is 0 Å². The maximum absolute atomic E-state index is 12.8. The summed E-state index contributed by atoms with van der Waals surface area (Å²) in [6.07, 6.45) is 1.80. The van der Waals surface area contributed by atoms with E-state index in [0.717, 1.165) is 18.5 Å². The third-order valence-corrected chi connectivity index (χ3v) is 5.06. The summed E-state index contributed by atoms with van der Waals surface area (Å²) < 4.78 is 5.12. The van der Waals surface area contributed by atoms with Crippen LogP contribution in [0.2, 0.25) is 0 Å². The molecule has 0 saturated carbocycles. The van der Waals surface area contributed by atoms with Gasteiger partial charge in [0.15, 0.2) is 0 Å². The van der Waals surface area contributed by atoms with Gasteiger partial charge in [-0.25, -0.2) is 0 Å². The van der Waals surface area contributed by atoms with Gasteiger partial charge in [0.25, 0.3) is 5.91 Å². The molecule has 1 N–H and O–H groups in total. The minimum atomic E-state index is -0.104. The fraction of sp³-hybridized carbons (Fsp3) is 0.706. The van der Waals surface area contributed by atoms with Crippen molar-refractivity contribution in [1.29, 1.82) is 0 Å². The number of piperidine rings is 1. The van der Waals surface area contributed by atoms with Crippen molar-refractivity contribution in [1.82, 2.24) is 20.0 Å². The van der Waals surface area contributed by atoms with Crippen LogP contribution >= 0.6 is 0 Å². The predicted octanol–water partition coefficient (Wildman–Crippen LogP) is 1.24. The van der Waals surface area contributed by atoms with E-state index >= 15 is 0 Å². The number of carbonyl (C=O) groups excluding carboxylic acids is 2. The molecule has 132 valence electrons. The molecule has 3 saturated heterocycles. The smallest absolute Gasteiger partial charge is 0.274 e. The van der Waals surface area contributed by atoms with Gasteiger partial charge in [-0.3, -0.25) is 14.7 Å². The van der Waals surface area contributed by atoms with Crippen molar-refractivity contribution in [3.05, 3.63) is 17.5 Å². The van der Waals surface area contributed by atoms with Crippen molar-refractivity contribution >= 4 is 11.8 Å². The maximum atomic E-state index is 12.8. The number of amides is 2. The predicted molar refractivity (Wildman–Crippen MR) is 88.7 cm³/mol. The molecular weight excluding hydrogens is 308 g/mol. The molecule has 24 heavy (non-hydrogen) atoms. The second kappa shape index (κ2) is 6.93. The topological polar surface area (TPSA) is 78.5 Å². The van der Waals surface area contributed by atoms with Gasteiger partial charge < -0.3 is 14.5 Å². The number of fused-ring (bicyclic) bond motifs is 4. The van der Waals surface area contributed by atoms with E-state index in [-0.39, 0.29) is 23.8 Å². The Labute approximate surface area is 142 Å². The molecule has 7 nitrogen and oxygen atoms in total. The van der Waals surface area contributed by atoms with E-state index in [0.29, 0.717) is 37.9 Å². The molecule has 3 aliphatic heterocycles. The molecule has 3 fully saturated rings. The average molecular weight is 334 g/mol. The number of hydrogen-bond acceptors (Lipinski definition) is 4. The zero-order chi connectivity index (χ0) is 17.3. The molecule has 2 bridgehead atoms. The van der Waals surface area contributed by atoms with Crippen LogP contribution in [0.1, 0.15) is 48.8 Å². The van der Waals surface area contributed by atoms with Crippen molar-refractivity contribution in [2.75, 3.05) is 33.4 Å². The molecule has 4 heterocycles. The SMILES string of the molecule is COCCN1C(=O)[C@@H]2CC[C@H]1CN(C(=O)c1cc(C(C)C)[nH]n1)C2. The molecule has 0 aromatic carbocycles. The Hall–Kier alpha value is -1.89. The van der Waals surface area contributed by atoms with Crippen LogP contribution in [-0.4, -0.2) is 71.2 Å². The van der Waals surface area contributed by atoms with Gasteiger partial charge in [0.1, 0.15) is 5.69 Å². The molecule has 7 heteroatoms. The first kappa shape index (κ1) is 17.0. The lowest BCUT2D eigenvalue weighted by Gasteiger charge is -2.35. The van der Waals surface area contributed by atoms with Gasteiger partial charge in [-0.15, -0.1) is 0 Å². The Morgan fingerprint density at radius 3 is 2.88 bits per heavy atom. The maximum Gasteiger partial charge on any atom is 0.274 e. The molecule has 0 spiro atoms. The molecule has 3 aliphatic rings. The Bertz CT molecular complexity index is 613. The molecule has 0 aliphatic carbocycles. The van der Waals surface area contributed by atoms with Gasteiger partial charge in [-0.05, 0) is 24.8 Å². The number of H-pyrrole nitrogens is 1. The normalized spacial score (nSPS) is 23.9. The van der Waals surface area contributed by atoms with Gasteiger partial charge in [0.05, 0.1) is 12.5 Å². The van der Waals surface area contributed by atoms with Crippen LogP contribution in [0.4, 0.5) is 0 Å². The van der Waals surface area contributed by atoms with Crippen LogP contribution in [0.15, 0.2) is 6.07 Å². The van der Waals surface area contributed by atoms with E-state index in [4.69, 9.17) is 4.74 Å². The number of methoxy groups -OCH3 is 1. The Balaban J connectivity index is 1.75. The van der Waals surface area contributed by atoms with E-state index < -0.39 is 0 Å². The Kier molecular flexibility index (Phi) is 4.89. The van der Waals surface area contributed by atoms with Crippen molar-refractivity contribution in [2.24, 2.45) is 5.92 Å². The van der Waals surface area contributed by atoms with Gasteiger partial charge >= 0.3 is 0 Å². The summed E-state index contributed by atoms with van der Waals surface area (Å²) in [6.45, 7) is 6.30. The van der Waals surface area contributed by atoms with Crippen LogP contribution in [0, 0.1) is 5.92 Å². The minimum absolute atomic E-state index is 0.0823. The Morgan fingerprint density at radius 1 is 1.42 bits per heavy atom. The zero-order valence-electron chi connectivity index (χ0n) is 14.6. The molecule has 2 atom stereocenters. The highest BCUT2D eigenvalue weighted by Gasteiger charge is 2.42.